The fourth-order valence-corrected chi connectivity index (χ4v) is 3.77. The van der Waals surface area contributed by atoms with Crippen LogP contribution in [0.2, 0.25) is 0 Å². The van der Waals surface area contributed by atoms with Crippen molar-refractivity contribution in [2.45, 2.75) is 32.4 Å². The van der Waals surface area contributed by atoms with Gasteiger partial charge in [0, 0.05) is 0 Å². The molecule has 12 heteroatoms. The summed E-state index contributed by atoms with van der Waals surface area (Å²) in [6.45, 7) is 1.21. The maximum absolute atomic E-state index is 13.1. The quantitative estimate of drug-likeness (QED) is 0.211. The van der Waals surface area contributed by atoms with E-state index in [2.05, 4.69) is 0 Å². The Labute approximate surface area is 217 Å². The van der Waals surface area contributed by atoms with Gasteiger partial charge in [0.1, 0.15) is 16.0 Å². The number of aromatic nitrogens is 2. The van der Waals surface area contributed by atoms with Crippen LogP contribution < -0.4 is 45.5 Å². The third kappa shape index (κ3) is 6.53. The van der Waals surface area contributed by atoms with Gasteiger partial charge in [-0.15, -0.1) is 0 Å². The number of rotatable bonds is 8. The molecule has 174 valence electrons. The molecule has 3 rings (SSSR count). The van der Waals surface area contributed by atoms with E-state index >= 15 is 0 Å². The first-order chi connectivity index (χ1) is 15.6. The standard InChI is InChI=1S/C22H22N2O8S.Na/c1-2-18-19(26)24(14-33(29,30)31)22(28)23(12-15-6-4-3-5-7-15)20(18)32-21(27)17-10-8-16(13-25)9-11-17;/h3-11,25H,2,12-14H2,1H3,(H,29,30,31);/q;+1/p-1. The van der Waals surface area contributed by atoms with Crippen LogP contribution in [0.15, 0.2) is 64.2 Å². The molecule has 0 aliphatic carbocycles. The number of carbonyl (C=O) groups is 1. The molecule has 1 aromatic heterocycles. The van der Waals surface area contributed by atoms with Gasteiger partial charge in [0.15, 0.2) is 0 Å². The van der Waals surface area contributed by atoms with Gasteiger partial charge in [0.25, 0.3) is 5.56 Å². The summed E-state index contributed by atoms with van der Waals surface area (Å²) in [6.07, 6.45) is -0.00112. The Morgan fingerprint density at radius 1 is 1.00 bits per heavy atom. The van der Waals surface area contributed by atoms with E-state index < -0.39 is 33.2 Å². The minimum Gasteiger partial charge on any atom is -0.747 e. The summed E-state index contributed by atoms with van der Waals surface area (Å²) in [4.78, 5) is 38.7. The van der Waals surface area contributed by atoms with Gasteiger partial charge in [-0.1, -0.05) is 49.4 Å². The van der Waals surface area contributed by atoms with E-state index in [4.69, 9.17) is 9.84 Å². The molecule has 10 nitrogen and oxygen atoms in total. The maximum Gasteiger partial charge on any atom is 1.00 e. The van der Waals surface area contributed by atoms with Crippen molar-refractivity contribution in [3.8, 4) is 5.88 Å². The molecule has 3 aromatic rings. The van der Waals surface area contributed by atoms with Gasteiger partial charge in [-0.25, -0.2) is 22.6 Å². The molecule has 0 bridgehead atoms. The number of hydrogen-bond acceptors (Lipinski definition) is 8. The van der Waals surface area contributed by atoms with E-state index in [1.54, 1.807) is 37.3 Å². The average Bonchev–Trinajstić information content (AvgIpc) is 2.79. The number of nitrogens with zero attached hydrogens (tertiary/aromatic N) is 2. The summed E-state index contributed by atoms with van der Waals surface area (Å²) in [5.41, 5.74) is -0.956. The number of benzene rings is 2. The molecule has 0 aliphatic heterocycles. The number of carbonyl (C=O) groups excluding carboxylic acids is 1. The zero-order chi connectivity index (χ0) is 24.2. The van der Waals surface area contributed by atoms with Crippen LogP contribution in [0.1, 0.15) is 34.0 Å². The van der Waals surface area contributed by atoms with Crippen molar-refractivity contribution in [2.24, 2.45) is 0 Å². The second-order valence-electron chi connectivity index (χ2n) is 7.16. The van der Waals surface area contributed by atoms with Gasteiger partial charge in [0.05, 0.1) is 24.3 Å². The number of esters is 1. The minimum atomic E-state index is -4.95. The Balaban J connectivity index is 0.00000408. The minimum absolute atomic E-state index is 0. The molecule has 2 aromatic carbocycles. The molecule has 0 saturated heterocycles. The third-order valence-electron chi connectivity index (χ3n) is 4.85. The second-order valence-corrected chi connectivity index (χ2v) is 8.53. The topological polar surface area (TPSA) is 148 Å². The predicted octanol–water partition coefficient (Wildman–Crippen LogP) is -2.16. The fourth-order valence-electron chi connectivity index (χ4n) is 3.23. The molecule has 0 atom stereocenters. The molecule has 0 radical (unpaired) electrons. The Morgan fingerprint density at radius 3 is 2.15 bits per heavy atom. The fraction of sp³-hybridized carbons (Fsp3) is 0.227. The molecule has 0 unspecified atom stereocenters. The van der Waals surface area contributed by atoms with Gasteiger partial charge in [-0.3, -0.25) is 9.36 Å². The Hall–Kier alpha value is -2.54. The van der Waals surface area contributed by atoms with Crippen molar-refractivity contribution in [1.82, 2.24) is 9.13 Å². The summed E-state index contributed by atoms with van der Waals surface area (Å²) in [5, 5.41) is 9.16. The van der Waals surface area contributed by atoms with Crippen LogP contribution in [0.4, 0.5) is 0 Å². The summed E-state index contributed by atoms with van der Waals surface area (Å²) < 4.78 is 40.7. The predicted molar refractivity (Wildman–Crippen MR) is 117 cm³/mol. The number of hydrogen-bond donors (Lipinski definition) is 1. The second kappa shape index (κ2) is 11.7. The summed E-state index contributed by atoms with van der Waals surface area (Å²) >= 11 is 0. The van der Waals surface area contributed by atoms with Crippen LogP contribution in [0.3, 0.4) is 0 Å². The molecule has 0 amide bonds. The van der Waals surface area contributed by atoms with Crippen molar-refractivity contribution >= 4 is 16.1 Å². The van der Waals surface area contributed by atoms with Gasteiger partial charge in [-0.2, -0.15) is 0 Å². The molecular weight excluding hydrogens is 475 g/mol. The van der Waals surface area contributed by atoms with E-state index in [0.29, 0.717) is 15.7 Å². The zero-order valence-electron chi connectivity index (χ0n) is 18.6. The molecule has 0 spiro atoms. The van der Waals surface area contributed by atoms with Crippen molar-refractivity contribution in [3.63, 3.8) is 0 Å². The van der Waals surface area contributed by atoms with Crippen molar-refractivity contribution in [3.05, 3.63) is 97.7 Å². The zero-order valence-corrected chi connectivity index (χ0v) is 21.4. The summed E-state index contributed by atoms with van der Waals surface area (Å²) in [6, 6.07) is 14.5. The van der Waals surface area contributed by atoms with Crippen LogP contribution >= 0.6 is 0 Å². The first-order valence-corrected chi connectivity index (χ1v) is 11.5. The smallest absolute Gasteiger partial charge is 0.747 e. The van der Waals surface area contributed by atoms with Gasteiger partial charge in [0.2, 0.25) is 5.88 Å². The van der Waals surface area contributed by atoms with Crippen molar-refractivity contribution in [1.29, 1.82) is 0 Å². The summed E-state index contributed by atoms with van der Waals surface area (Å²) in [5.74, 6) is -2.53. The van der Waals surface area contributed by atoms with E-state index in [0.717, 1.165) is 4.57 Å². The molecule has 0 saturated carbocycles. The Bertz CT molecular complexity index is 1380. The van der Waals surface area contributed by atoms with E-state index in [-0.39, 0.29) is 66.1 Å². The van der Waals surface area contributed by atoms with Gasteiger partial charge in [-0.05, 0) is 29.7 Å². The summed E-state index contributed by atoms with van der Waals surface area (Å²) in [7, 11) is -4.95. The van der Waals surface area contributed by atoms with Crippen molar-refractivity contribution in [2.75, 3.05) is 0 Å². The molecule has 1 heterocycles. The normalized spacial score (nSPS) is 11.0. The van der Waals surface area contributed by atoms with E-state index in [1.165, 1.54) is 24.3 Å². The van der Waals surface area contributed by atoms with Crippen LogP contribution in [-0.4, -0.2) is 33.2 Å². The van der Waals surface area contributed by atoms with E-state index in [9.17, 15) is 27.4 Å². The number of aliphatic hydroxyl groups excluding tert-OH is 1. The maximum atomic E-state index is 13.1. The molecular formula is C22H21N2NaO8S. The monoisotopic (exact) mass is 496 g/mol. The van der Waals surface area contributed by atoms with Crippen LogP contribution in [0.5, 0.6) is 5.88 Å². The van der Waals surface area contributed by atoms with E-state index in [1.807, 2.05) is 0 Å². The molecule has 34 heavy (non-hydrogen) atoms. The molecule has 0 fully saturated rings. The van der Waals surface area contributed by atoms with Crippen LogP contribution in [-0.2, 0) is 35.6 Å². The van der Waals surface area contributed by atoms with Crippen LogP contribution in [0, 0.1) is 0 Å². The van der Waals surface area contributed by atoms with Crippen molar-refractivity contribution < 1.29 is 57.2 Å². The number of ether oxygens (including phenoxy) is 1. The Kier molecular flexibility index (Phi) is 9.56. The first kappa shape index (κ1) is 27.7. The first-order valence-electron chi connectivity index (χ1n) is 9.90. The molecule has 0 aliphatic rings. The van der Waals surface area contributed by atoms with Gasteiger partial charge >= 0.3 is 41.2 Å². The van der Waals surface area contributed by atoms with Crippen LogP contribution in [0.25, 0.3) is 0 Å². The Morgan fingerprint density at radius 2 is 1.62 bits per heavy atom. The third-order valence-corrected chi connectivity index (χ3v) is 5.43. The average molecular weight is 496 g/mol. The van der Waals surface area contributed by atoms with Gasteiger partial charge < -0.3 is 14.4 Å². The number of aliphatic hydroxyl groups is 1. The molecule has 1 N–H and O–H groups in total. The SMILES string of the molecule is CCc1c(OC(=O)c2ccc(CO)cc2)n(Cc2ccccc2)c(=O)n(CS(=O)(=O)[O-])c1=O.[Na+]. The largest absolute Gasteiger partial charge is 1.00 e.